The van der Waals surface area contributed by atoms with Crippen molar-refractivity contribution in [2.24, 2.45) is 5.92 Å². The van der Waals surface area contributed by atoms with Gasteiger partial charge in [-0.2, -0.15) is 0 Å². The van der Waals surface area contributed by atoms with Crippen LogP contribution in [0.2, 0.25) is 0 Å². The van der Waals surface area contributed by atoms with Crippen molar-refractivity contribution in [1.82, 2.24) is 4.90 Å². The highest BCUT2D eigenvalue weighted by atomic mass is 16.6. The Kier molecular flexibility index (Phi) is 5.84. The normalized spacial score (nSPS) is 14.9. The highest BCUT2D eigenvalue weighted by molar-refractivity contribution is 5.91. The zero-order valence-corrected chi connectivity index (χ0v) is 16.0. The highest BCUT2D eigenvalue weighted by Gasteiger charge is 2.29. The third-order valence-electron chi connectivity index (χ3n) is 4.61. The van der Waals surface area contributed by atoms with E-state index >= 15 is 0 Å². The summed E-state index contributed by atoms with van der Waals surface area (Å²) in [6, 6.07) is 9.16. The van der Waals surface area contributed by atoms with E-state index in [4.69, 9.17) is 13.9 Å². The van der Waals surface area contributed by atoms with Gasteiger partial charge in [-0.25, -0.2) is 0 Å². The van der Waals surface area contributed by atoms with Gasteiger partial charge in [0.15, 0.2) is 5.76 Å². The van der Waals surface area contributed by atoms with Crippen LogP contribution in [-0.2, 0) is 9.53 Å². The van der Waals surface area contributed by atoms with E-state index in [1.165, 1.54) is 0 Å². The first-order valence-corrected chi connectivity index (χ1v) is 9.28. The minimum atomic E-state index is -0.187. The molecular weight excluding hydrogens is 346 g/mol. The quantitative estimate of drug-likeness (QED) is 0.740. The molecule has 1 saturated heterocycles. The number of amides is 1. The fourth-order valence-corrected chi connectivity index (χ4v) is 3.33. The molecule has 1 aliphatic heterocycles. The van der Waals surface area contributed by atoms with E-state index in [1.54, 1.807) is 24.0 Å². The number of esters is 1. The number of carbonyl (C=O) groups is 2. The SMILES string of the molecule is CCOC(=O)C1CCN(C(=O)c2ccc(Oc3cc(C)cc(C)c3)o2)CC1. The summed E-state index contributed by atoms with van der Waals surface area (Å²) in [5, 5.41) is 0. The predicted molar refractivity (Wildman–Crippen MR) is 100.0 cm³/mol. The maximum absolute atomic E-state index is 12.6. The van der Waals surface area contributed by atoms with Gasteiger partial charge in [0.2, 0.25) is 0 Å². The van der Waals surface area contributed by atoms with Crippen molar-refractivity contribution < 1.29 is 23.5 Å². The number of nitrogens with zero attached hydrogens (tertiary/aromatic N) is 1. The molecule has 0 radical (unpaired) electrons. The number of benzene rings is 1. The van der Waals surface area contributed by atoms with E-state index in [0.29, 0.717) is 38.3 Å². The standard InChI is InChI=1S/C21H25NO5/c1-4-25-21(24)16-7-9-22(10-8-16)20(23)18-5-6-19(27-18)26-17-12-14(2)11-15(3)13-17/h5-6,11-13,16H,4,7-10H2,1-3H3. The van der Waals surface area contributed by atoms with Crippen molar-refractivity contribution in [2.45, 2.75) is 33.6 Å². The summed E-state index contributed by atoms with van der Waals surface area (Å²) < 4.78 is 16.4. The highest BCUT2D eigenvalue weighted by Crippen LogP contribution is 2.27. The average Bonchev–Trinajstić information content (AvgIpc) is 3.09. The van der Waals surface area contributed by atoms with Gasteiger partial charge in [0.25, 0.3) is 11.9 Å². The molecule has 6 heteroatoms. The van der Waals surface area contributed by atoms with Crippen LogP contribution in [0.4, 0.5) is 0 Å². The minimum Gasteiger partial charge on any atom is -0.466 e. The van der Waals surface area contributed by atoms with E-state index in [9.17, 15) is 9.59 Å². The van der Waals surface area contributed by atoms with Crippen LogP contribution in [0.25, 0.3) is 0 Å². The van der Waals surface area contributed by atoms with Crippen molar-refractivity contribution in [3.63, 3.8) is 0 Å². The van der Waals surface area contributed by atoms with Crippen molar-refractivity contribution in [1.29, 1.82) is 0 Å². The van der Waals surface area contributed by atoms with Crippen LogP contribution < -0.4 is 4.74 Å². The molecule has 0 N–H and O–H groups in total. The first-order valence-electron chi connectivity index (χ1n) is 9.28. The number of rotatable bonds is 5. The molecule has 3 rings (SSSR count). The number of hydrogen-bond acceptors (Lipinski definition) is 5. The summed E-state index contributed by atoms with van der Waals surface area (Å²) >= 11 is 0. The van der Waals surface area contributed by atoms with E-state index in [0.717, 1.165) is 11.1 Å². The second-order valence-corrected chi connectivity index (χ2v) is 6.86. The second-order valence-electron chi connectivity index (χ2n) is 6.86. The van der Waals surface area contributed by atoms with Gasteiger partial charge in [-0.1, -0.05) is 6.07 Å². The number of ether oxygens (including phenoxy) is 2. The Morgan fingerprint density at radius 1 is 1.11 bits per heavy atom. The molecule has 0 spiro atoms. The zero-order valence-electron chi connectivity index (χ0n) is 16.0. The summed E-state index contributed by atoms with van der Waals surface area (Å²) in [6.07, 6.45) is 1.22. The zero-order chi connectivity index (χ0) is 19.4. The molecule has 2 heterocycles. The third-order valence-corrected chi connectivity index (χ3v) is 4.61. The molecule has 0 atom stereocenters. The molecule has 0 bridgehead atoms. The first-order chi connectivity index (χ1) is 13.0. The number of furan rings is 1. The molecule has 1 aromatic heterocycles. The lowest BCUT2D eigenvalue weighted by molar-refractivity contribution is -0.149. The molecular formula is C21H25NO5. The molecule has 1 aliphatic rings. The number of likely N-dealkylation sites (tertiary alicyclic amines) is 1. The topological polar surface area (TPSA) is 69.0 Å². The fourth-order valence-electron chi connectivity index (χ4n) is 3.33. The number of carbonyl (C=O) groups excluding carboxylic acids is 2. The summed E-state index contributed by atoms with van der Waals surface area (Å²) in [5.74, 6) is 0.707. The minimum absolute atomic E-state index is 0.131. The lowest BCUT2D eigenvalue weighted by Gasteiger charge is -2.30. The predicted octanol–water partition coefficient (Wildman–Crippen LogP) is 4.10. The molecule has 1 fully saturated rings. The maximum atomic E-state index is 12.6. The summed E-state index contributed by atoms with van der Waals surface area (Å²) in [6.45, 7) is 7.19. The van der Waals surface area contributed by atoms with E-state index in [-0.39, 0.29) is 29.5 Å². The maximum Gasteiger partial charge on any atom is 0.309 e. The van der Waals surface area contributed by atoms with Crippen LogP contribution in [0, 0.1) is 19.8 Å². The van der Waals surface area contributed by atoms with Crippen LogP contribution in [0.15, 0.2) is 34.7 Å². The number of aryl methyl sites for hydroxylation is 2. The summed E-state index contributed by atoms with van der Waals surface area (Å²) in [7, 11) is 0. The number of piperidine rings is 1. The summed E-state index contributed by atoms with van der Waals surface area (Å²) in [4.78, 5) is 26.1. The van der Waals surface area contributed by atoms with Crippen LogP contribution in [0.5, 0.6) is 11.7 Å². The van der Waals surface area contributed by atoms with Crippen molar-refractivity contribution in [2.75, 3.05) is 19.7 Å². The fraction of sp³-hybridized carbons (Fsp3) is 0.429. The molecule has 1 amide bonds. The van der Waals surface area contributed by atoms with Crippen molar-refractivity contribution in [3.8, 4) is 11.7 Å². The number of hydrogen-bond donors (Lipinski definition) is 0. The van der Waals surface area contributed by atoms with Crippen LogP contribution in [0.1, 0.15) is 41.4 Å². The van der Waals surface area contributed by atoms with Crippen LogP contribution in [-0.4, -0.2) is 36.5 Å². The van der Waals surface area contributed by atoms with Gasteiger partial charge in [-0.05, 0) is 62.9 Å². The smallest absolute Gasteiger partial charge is 0.309 e. The van der Waals surface area contributed by atoms with Gasteiger partial charge in [-0.15, -0.1) is 0 Å². The molecule has 0 saturated carbocycles. The Balaban J connectivity index is 1.59. The Morgan fingerprint density at radius 2 is 1.78 bits per heavy atom. The molecule has 27 heavy (non-hydrogen) atoms. The van der Waals surface area contributed by atoms with Crippen molar-refractivity contribution >= 4 is 11.9 Å². The molecule has 1 aromatic carbocycles. The molecule has 2 aromatic rings. The second kappa shape index (κ2) is 8.29. The Bertz CT molecular complexity index is 797. The van der Waals surface area contributed by atoms with Gasteiger partial charge in [0.05, 0.1) is 12.5 Å². The first kappa shape index (κ1) is 19.0. The molecule has 144 valence electrons. The Labute approximate surface area is 159 Å². The van der Waals surface area contributed by atoms with E-state index in [2.05, 4.69) is 6.07 Å². The Hall–Kier alpha value is -2.76. The van der Waals surface area contributed by atoms with Gasteiger partial charge in [0, 0.05) is 19.2 Å². The van der Waals surface area contributed by atoms with Crippen LogP contribution >= 0.6 is 0 Å². The molecule has 0 aliphatic carbocycles. The van der Waals surface area contributed by atoms with Gasteiger partial charge >= 0.3 is 5.97 Å². The lowest BCUT2D eigenvalue weighted by atomic mass is 9.97. The molecule has 6 nitrogen and oxygen atoms in total. The largest absolute Gasteiger partial charge is 0.466 e. The monoisotopic (exact) mass is 371 g/mol. The molecule has 0 unspecified atom stereocenters. The summed E-state index contributed by atoms with van der Waals surface area (Å²) in [5.41, 5.74) is 2.19. The lowest BCUT2D eigenvalue weighted by Crippen LogP contribution is -2.40. The van der Waals surface area contributed by atoms with Gasteiger partial charge in [-0.3, -0.25) is 9.59 Å². The van der Waals surface area contributed by atoms with Crippen LogP contribution in [0.3, 0.4) is 0 Å². The van der Waals surface area contributed by atoms with Crippen molar-refractivity contribution in [3.05, 3.63) is 47.2 Å². The third kappa shape index (κ3) is 4.70. The van der Waals surface area contributed by atoms with Gasteiger partial charge < -0.3 is 18.8 Å². The average molecular weight is 371 g/mol. The van der Waals surface area contributed by atoms with E-state index < -0.39 is 0 Å². The van der Waals surface area contributed by atoms with E-state index in [1.807, 2.05) is 26.0 Å². The van der Waals surface area contributed by atoms with Gasteiger partial charge in [0.1, 0.15) is 5.75 Å². The Morgan fingerprint density at radius 3 is 2.41 bits per heavy atom.